The van der Waals surface area contributed by atoms with E-state index in [4.69, 9.17) is 15.0 Å². The maximum atomic E-state index is 11.8. The zero-order valence-corrected chi connectivity index (χ0v) is 10.9. The number of ether oxygens (including phenoxy) is 2. The third kappa shape index (κ3) is 3.71. The predicted molar refractivity (Wildman–Crippen MR) is 66.6 cm³/mol. The van der Waals surface area contributed by atoms with Gasteiger partial charge >= 0.3 is 11.7 Å². The van der Waals surface area contributed by atoms with Crippen molar-refractivity contribution < 1.29 is 19.1 Å². The summed E-state index contributed by atoms with van der Waals surface area (Å²) in [5.74, 6) is -0.115. The van der Waals surface area contributed by atoms with Gasteiger partial charge < -0.3 is 15.0 Å². The van der Waals surface area contributed by atoms with Gasteiger partial charge in [-0.3, -0.25) is 0 Å². The molecule has 1 aromatic carbocycles. The average molecular weight is 248 g/mol. The molecular formula is C13H16N2O3. The van der Waals surface area contributed by atoms with Crippen LogP contribution in [0.2, 0.25) is 0 Å². The molecule has 0 spiro atoms. The average Bonchev–Trinajstić information content (AvgIpc) is 2.28. The van der Waals surface area contributed by atoms with Gasteiger partial charge in [0, 0.05) is 0 Å². The van der Waals surface area contributed by atoms with Crippen LogP contribution in [0.1, 0.15) is 26.3 Å². The van der Waals surface area contributed by atoms with Gasteiger partial charge in [-0.25, -0.2) is 4.79 Å². The van der Waals surface area contributed by atoms with Crippen LogP contribution >= 0.6 is 0 Å². The van der Waals surface area contributed by atoms with E-state index in [0.717, 1.165) is 0 Å². The van der Waals surface area contributed by atoms with Crippen molar-refractivity contribution in [2.24, 2.45) is 0 Å². The van der Waals surface area contributed by atoms with E-state index in [1.807, 2.05) is 0 Å². The minimum absolute atomic E-state index is 0.149. The first-order valence-electron chi connectivity index (χ1n) is 5.47. The molecule has 1 aromatic rings. The molecule has 0 aliphatic rings. The number of hydrogen-bond donors (Lipinski definition) is 0. The molecule has 18 heavy (non-hydrogen) atoms. The van der Waals surface area contributed by atoms with Gasteiger partial charge in [-0.15, -0.1) is 0 Å². The number of carbonyl (C=O) groups excluding carboxylic acids is 1. The second-order valence-corrected chi connectivity index (χ2v) is 4.68. The van der Waals surface area contributed by atoms with Gasteiger partial charge in [-0.05, 0) is 39.0 Å². The molecule has 0 N–H and O–H groups in total. The second kappa shape index (κ2) is 5.47. The summed E-state index contributed by atoms with van der Waals surface area (Å²) in [4.78, 5) is 14.8. The van der Waals surface area contributed by atoms with Gasteiger partial charge in [0.2, 0.25) is 0 Å². The number of nitrogens with zero attached hydrogens (tertiary/aromatic N) is 2. The number of rotatable bonds is 3. The Bertz CT molecular complexity index is 497. The summed E-state index contributed by atoms with van der Waals surface area (Å²) >= 11 is 0. The second-order valence-electron chi connectivity index (χ2n) is 4.68. The topological polar surface area (TPSA) is 71.9 Å². The van der Waals surface area contributed by atoms with E-state index in [9.17, 15) is 4.79 Å². The highest BCUT2D eigenvalue weighted by Crippen LogP contribution is 2.15. The molecule has 0 unspecified atom stereocenters. The SMILES string of the molecule is COc1cccc(C(=[N+]=[N-])C(=O)OC(C)(C)C)c1. The van der Waals surface area contributed by atoms with E-state index in [0.29, 0.717) is 11.3 Å². The van der Waals surface area contributed by atoms with Crippen LogP contribution in [0.5, 0.6) is 5.75 Å². The normalized spacial score (nSPS) is 10.4. The Balaban J connectivity index is 3.04. The maximum absolute atomic E-state index is 11.8. The first-order chi connectivity index (χ1) is 8.37. The highest BCUT2D eigenvalue weighted by molar-refractivity contribution is 6.40. The monoisotopic (exact) mass is 248 g/mol. The molecule has 0 atom stereocenters. The highest BCUT2D eigenvalue weighted by atomic mass is 16.6. The van der Waals surface area contributed by atoms with Crippen LogP contribution in [0.15, 0.2) is 24.3 Å². The Kier molecular flexibility index (Phi) is 4.23. The smallest absolute Gasteiger partial charge is 0.422 e. The minimum Gasteiger partial charge on any atom is -0.497 e. The van der Waals surface area contributed by atoms with Gasteiger partial charge in [0.05, 0.1) is 12.7 Å². The van der Waals surface area contributed by atoms with E-state index in [2.05, 4.69) is 4.79 Å². The standard InChI is InChI=1S/C13H16N2O3/c1-13(2,3)18-12(16)11(15-14)9-6-5-7-10(8-9)17-4/h5-8H,1-4H3. The molecule has 5 nitrogen and oxygen atoms in total. The molecule has 5 heteroatoms. The summed E-state index contributed by atoms with van der Waals surface area (Å²) in [6, 6.07) is 6.66. The van der Waals surface area contributed by atoms with Gasteiger partial charge in [0.15, 0.2) is 0 Å². The number of carbonyl (C=O) groups is 1. The molecule has 0 aliphatic carbocycles. The van der Waals surface area contributed by atoms with Gasteiger partial charge in [-0.2, -0.15) is 4.79 Å². The fourth-order valence-electron chi connectivity index (χ4n) is 1.31. The van der Waals surface area contributed by atoms with Crippen molar-refractivity contribution in [3.05, 3.63) is 35.4 Å². The molecule has 1 rings (SSSR count). The largest absolute Gasteiger partial charge is 0.497 e. The van der Waals surface area contributed by atoms with E-state index in [1.165, 1.54) is 7.11 Å². The van der Waals surface area contributed by atoms with E-state index in [1.54, 1.807) is 45.0 Å². The van der Waals surface area contributed by atoms with Crippen LogP contribution in [0.25, 0.3) is 5.53 Å². The van der Waals surface area contributed by atoms with Crippen molar-refractivity contribution in [2.45, 2.75) is 26.4 Å². The van der Waals surface area contributed by atoms with Crippen molar-refractivity contribution in [1.82, 2.24) is 0 Å². The first-order valence-corrected chi connectivity index (χ1v) is 5.47. The van der Waals surface area contributed by atoms with Crippen LogP contribution in [0, 0.1) is 0 Å². The van der Waals surface area contributed by atoms with Gasteiger partial charge in [0.1, 0.15) is 11.4 Å². The Morgan fingerprint density at radius 2 is 2.00 bits per heavy atom. The van der Waals surface area contributed by atoms with Crippen LogP contribution in [-0.2, 0) is 9.53 Å². The van der Waals surface area contributed by atoms with Crippen LogP contribution in [0.4, 0.5) is 0 Å². The zero-order valence-electron chi connectivity index (χ0n) is 10.9. The number of methoxy groups -OCH3 is 1. The molecule has 0 bridgehead atoms. The number of hydrogen-bond acceptors (Lipinski definition) is 3. The van der Waals surface area contributed by atoms with E-state index in [-0.39, 0.29) is 5.71 Å². The summed E-state index contributed by atoms with van der Waals surface area (Å²) in [6.45, 7) is 5.22. The summed E-state index contributed by atoms with van der Waals surface area (Å²) < 4.78 is 10.2. The lowest BCUT2D eigenvalue weighted by Gasteiger charge is -2.17. The molecule has 0 saturated carbocycles. The van der Waals surface area contributed by atoms with E-state index < -0.39 is 11.6 Å². The first kappa shape index (κ1) is 13.9. The lowest BCUT2D eigenvalue weighted by molar-refractivity contribution is -0.150. The predicted octanol–water partition coefficient (Wildman–Crippen LogP) is 2.06. The highest BCUT2D eigenvalue weighted by Gasteiger charge is 2.29. The lowest BCUT2D eigenvalue weighted by atomic mass is 10.1. The van der Waals surface area contributed by atoms with Gasteiger partial charge in [0.25, 0.3) is 0 Å². The summed E-state index contributed by atoms with van der Waals surface area (Å²) in [7, 11) is 1.52. The van der Waals surface area contributed by atoms with Crippen LogP contribution in [-0.4, -0.2) is 29.2 Å². The fraction of sp³-hybridized carbons (Fsp3) is 0.385. The summed E-state index contributed by atoms with van der Waals surface area (Å²) in [5, 5.41) is 0. The third-order valence-electron chi connectivity index (χ3n) is 2.04. The lowest BCUT2D eigenvalue weighted by Crippen LogP contribution is -2.30. The molecule has 0 aromatic heterocycles. The van der Waals surface area contributed by atoms with Crippen molar-refractivity contribution in [3.63, 3.8) is 0 Å². The maximum Gasteiger partial charge on any atom is 0.422 e. The summed E-state index contributed by atoms with van der Waals surface area (Å²) in [5.41, 5.74) is 8.60. The molecule has 0 heterocycles. The molecule has 0 amide bonds. The fourth-order valence-corrected chi connectivity index (χ4v) is 1.31. The quantitative estimate of drug-likeness (QED) is 0.355. The molecule has 0 aliphatic heterocycles. The van der Waals surface area contributed by atoms with Crippen molar-refractivity contribution in [3.8, 4) is 5.75 Å². The van der Waals surface area contributed by atoms with Crippen molar-refractivity contribution in [2.75, 3.05) is 7.11 Å². The Labute approximate surface area is 106 Å². The molecule has 96 valence electrons. The van der Waals surface area contributed by atoms with Crippen molar-refractivity contribution in [1.29, 1.82) is 0 Å². The number of benzene rings is 1. The minimum atomic E-state index is -0.682. The molecule has 0 radical (unpaired) electrons. The van der Waals surface area contributed by atoms with E-state index >= 15 is 0 Å². The molecular weight excluding hydrogens is 232 g/mol. The number of esters is 1. The molecule has 0 saturated heterocycles. The summed E-state index contributed by atoms with van der Waals surface area (Å²) in [6.07, 6.45) is 0. The Morgan fingerprint density at radius 3 is 2.50 bits per heavy atom. The van der Waals surface area contributed by atoms with Crippen LogP contribution in [0.3, 0.4) is 0 Å². The zero-order chi connectivity index (χ0) is 13.8. The van der Waals surface area contributed by atoms with Gasteiger partial charge in [-0.1, -0.05) is 6.07 Å². The third-order valence-corrected chi connectivity index (χ3v) is 2.04. The Hall–Kier alpha value is -2.13. The van der Waals surface area contributed by atoms with Crippen molar-refractivity contribution >= 4 is 11.7 Å². The molecule has 0 fully saturated rings. The Morgan fingerprint density at radius 1 is 1.33 bits per heavy atom. The van der Waals surface area contributed by atoms with Crippen LogP contribution < -0.4 is 4.74 Å².